The quantitative estimate of drug-likeness (QED) is 0.676. The molecule has 0 saturated carbocycles. The minimum absolute atomic E-state index is 0.312. The molecule has 4 rings (SSSR count). The van der Waals surface area contributed by atoms with Crippen molar-refractivity contribution in [2.75, 3.05) is 24.9 Å². The maximum atomic E-state index is 13.3. The third kappa shape index (κ3) is 3.35. The summed E-state index contributed by atoms with van der Waals surface area (Å²) in [7, 11) is 3.10. The Bertz CT molecular complexity index is 1080. The van der Waals surface area contributed by atoms with Crippen LogP contribution in [0.1, 0.15) is 18.5 Å². The first kappa shape index (κ1) is 18.4. The molecule has 3 heterocycles. The maximum Gasteiger partial charge on any atom is 0.255 e. The van der Waals surface area contributed by atoms with Crippen molar-refractivity contribution in [3.63, 3.8) is 0 Å². The van der Waals surface area contributed by atoms with E-state index in [1.165, 1.54) is 7.11 Å². The summed E-state index contributed by atoms with van der Waals surface area (Å²) in [4.78, 5) is 17.5. The van der Waals surface area contributed by atoms with E-state index in [0.29, 0.717) is 34.4 Å². The fourth-order valence-corrected chi connectivity index (χ4v) is 3.24. The first-order valence-electron chi connectivity index (χ1n) is 8.81. The van der Waals surface area contributed by atoms with Crippen molar-refractivity contribution in [1.29, 1.82) is 0 Å². The lowest BCUT2D eigenvalue weighted by Crippen LogP contribution is -2.31. The largest absolute Gasteiger partial charge is 0.497 e. The Hall–Kier alpha value is -3.95. The minimum Gasteiger partial charge on any atom is -0.497 e. The first-order chi connectivity index (χ1) is 14.1. The molecule has 1 aromatic carbocycles. The number of methoxy groups -OCH3 is 2. The lowest BCUT2D eigenvalue weighted by atomic mass is 9.96. The highest BCUT2D eigenvalue weighted by Gasteiger charge is 2.34. The number of benzene rings is 1. The fraction of sp³-hybridized carbons (Fsp3) is 0.211. The van der Waals surface area contributed by atoms with Gasteiger partial charge in [-0.2, -0.15) is 4.68 Å². The predicted octanol–water partition coefficient (Wildman–Crippen LogP) is 2.01. The Balaban J connectivity index is 1.73. The van der Waals surface area contributed by atoms with Gasteiger partial charge in [-0.25, -0.2) is 0 Å². The summed E-state index contributed by atoms with van der Waals surface area (Å²) in [6, 6.07) is 8.33. The number of amides is 1. The van der Waals surface area contributed by atoms with Crippen LogP contribution in [0.4, 0.5) is 11.6 Å². The first-order valence-corrected chi connectivity index (χ1v) is 8.81. The Morgan fingerprint density at radius 1 is 1.24 bits per heavy atom. The molecule has 1 amide bonds. The summed E-state index contributed by atoms with van der Waals surface area (Å²) < 4.78 is 12.2. The molecule has 0 aliphatic carbocycles. The van der Waals surface area contributed by atoms with Crippen molar-refractivity contribution in [3.05, 3.63) is 59.6 Å². The van der Waals surface area contributed by atoms with Crippen LogP contribution < -0.4 is 20.1 Å². The van der Waals surface area contributed by atoms with Gasteiger partial charge in [-0.05, 0) is 41.1 Å². The second-order valence-electron chi connectivity index (χ2n) is 6.32. The van der Waals surface area contributed by atoms with E-state index >= 15 is 0 Å². The van der Waals surface area contributed by atoms with E-state index < -0.39 is 6.04 Å². The zero-order valence-electron chi connectivity index (χ0n) is 16.1. The average Bonchev–Trinajstić information content (AvgIpc) is 3.21. The van der Waals surface area contributed by atoms with Gasteiger partial charge >= 0.3 is 0 Å². The molecule has 1 aliphatic heterocycles. The summed E-state index contributed by atoms with van der Waals surface area (Å²) in [6.07, 6.45) is 3.36. The summed E-state index contributed by atoms with van der Waals surface area (Å²) in [5.74, 6) is 1.25. The number of pyridine rings is 1. The molecule has 29 heavy (non-hydrogen) atoms. The van der Waals surface area contributed by atoms with Crippen molar-refractivity contribution in [2.24, 2.45) is 0 Å². The van der Waals surface area contributed by atoms with Crippen LogP contribution in [0.5, 0.6) is 11.5 Å². The molecule has 2 aromatic heterocycles. The molecular formula is C19H19N7O3. The van der Waals surface area contributed by atoms with E-state index in [-0.39, 0.29) is 5.91 Å². The summed E-state index contributed by atoms with van der Waals surface area (Å²) in [5.41, 5.74) is 2.42. The fourth-order valence-electron chi connectivity index (χ4n) is 3.24. The smallest absolute Gasteiger partial charge is 0.255 e. The Kier molecular flexibility index (Phi) is 4.82. The van der Waals surface area contributed by atoms with Crippen molar-refractivity contribution in [2.45, 2.75) is 13.0 Å². The van der Waals surface area contributed by atoms with Crippen molar-refractivity contribution < 1.29 is 14.3 Å². The van der Waals surface area contributed by atoms with Crippen molar-refractivity contribution in [3.8, 4) is 11.5 Å². The summed E-state index contributed by atoms with van der Waals surface area (Å²) >= 11 is 0. The van der Waals surface area contributed by atoms with Gasteiger partial charge < -0.3 is 20.1 Å². The molecule has 3 aromatic rings. The van der Waals surface area contributed by atoms with Crippen LogP contribution in [0.25, 0.3) is 0 Å². The van der Waals surface area contributed by atoms with Crippen LogP contribution >= 0.6 is 0 Å². The Morgan fingerprint density at radius 3 is 2.83 bits per heavy atom. The highest BCUT2D eigenvalue weighted by molar-refractivity contribution is 6.06. The molecule has 1 aliphatic rings. The molecule has 10 heteroatoms. The van der Waals surface area contributed by atoms with Gasteiger partial charge in [0.25, 0.3) is 5.91 Å². The van der Waals surface area contributed by atoms with Crippen LogP contribution in [-0.4, -0.2) is 45.3 Å². The number of nitrogens with one attached hydrogen (secondary N) is 2. The molecule has 0 fully saturated rings. The van der Waals surface area contributed by atoms with E-state index in [0.717, 1.165) is 5.56 Å². The monoisotopic (exact) mass is 393 g/mol. The number of hydrogen-bond donors (Lipinski definition) is 2. The topological polar surface area (TPSA) is 116 Å². The molecule has 0 unspecified atom stereocenters. The standard InChI is InChI=1S/C19H19N7O3/c1-11-16(18(27)22-14-7-6-13(28-2)9-15(14)29-3)17(12-5-4-8-20-10-12)26-19(21-11)23-24-25-26/h4-10,17H,1-3H3,(H,22,27)(H,21,23,25)/t17-/m0/s1. The van der Waals surface area contributed by atoms with Gasteiger partial charge in [0.1, 0.15) is 17.5 Å². The van der Waals surface area contributed by atoms with E-state index in [9.17, 15) is 4.79 Å². The van der Waals surface area contributed by atoms with Gasteiger partial charge in [0.2, 0.25) is 5.95 Å². The number of tetrazole rings is 1. The lowest BCUT2D eigenvalue weighted by molar-refractivity contribution is -0.113. The second kappa shape index (κ2) is 7.58. The van der Waals surface area contributed by atoms with Gasteiger partial charge in [-0.15, -0.1) is 0 Å². The molecule has 0 spiro atoms. The van der Waals surface area contributed by atoms with E-state index in [2.05, 4.69) is 31.1 Å². The highest BCUT2D eigenvalue weighted by Crippen LogP contribution is 2.36. The zero-order valence-corrected chi connectivity index (χ0v) is 16.1. The van der Waals surface area contributed by atoms with Crippen LogP contribution in [-0.2, 0) is 4.79 Å². The number of fused-ring (bicyclic) bond motifs is 1. The summed E-state index contributed by atoms with van der Waals surface area (Å²) in [6.45, 7) is 1.81. The number of allylic oxidation sites excluding steroid dienone is 1. The number of aromatic nitrogens is 5. The van der Waals surface area contributed by atoms with Crippen molar-refractivity contribution >= 4 is 17.5 Å². The van der Waals surface area contributed by atoms with Gasteiger partial charge in [0.05, 0.1) is 25.5 Å². The molecule has 0 saturated heterocycles. The number of hydrogen-bond acceptors (Lipinski definition) is 8. The molecule has 0 radical (unpaired) electrons. The summed E-state index contributed by atoms with van der Waals surface area (Å²) in [5, 5.41) is 17.8. The van der Waals surface area contributed by atoms with Gasteiger partial charge in [-0.1, -0.05) is 11.2 Å². The molecule has 2 N–H and O–H groups in total. The van der Waals surface area contributed by atoms with Crippen LogP contribution in [0.2, 0.25) is 0 Å². The van der Waals surface area contributed by atoms with E-state index in [1.54, 1.807) is 48.5 Å². The van der Waals surface area contributed by atoms with Gasteiger partial charge in [0.15, 0.2) is 0 Å². The number of carbonyl (C=O) groups excluding carboxylic acids is 1. The lowest BCUT2D eigenvalue weighted by Gasteiger charge is -2.27. The number of ether oxygens (including phenoxy) is 2. The van der Waals surface area contributed by atoms with Crippen LogP contribution in [0, 0.1) is 0 Å². The number of nitrogens with zero attached hydrogens (tertiary/aromatic N) is 5. The van der Waals surface area contributed by atoms with Crippen LogP contribution in [0.15, 0.2) is 54.0 Å². The number of carbonyl (C=O) groups is 1. The minimum atomic E-state index is -0.529. The number of anilines is 2. The third-order valence-corrected chi connectivity index (χ3v) is 4.62. The normalized spacial score (nSPS) is 15.3. The van der Waals surface area contributed by atoms with Gasteiger partial charge in [0, 0.05) is 24.2 Å². The maximum absolute atomic E-state index is 13.3. The van der Waals surface area contributed by atoms with Crippen LogP contribution in [0.3, 0.4) is 0 Å². The molecule has 148 valence electrons. The number of rotatable bonds is 5. The average molecular weight is 393 g/mol. The van der Waals surface area contributed by atoms with Crippen molar-refractivity contribution in [1.82, 2.24) is 25.2 Å². The third-order valence-electron chi connectivity index (χ3n) is 4.62. The molecular weight excluding hydrogens is 374 g/mol. The highest BCUT2D eigenvalue weighted by atomic mass is 16.5. The molecule has 10 nitrogen and oxygen atoms in total. The predicted molar refractivity (Wildman–Crippen MR) is 105 cm³/mol. The SMILES string of the molecule is COc1ccc(NC(=O)C2=C(C)Nc3nnnn3[C@H]2c2cccnc2)c(OC)c1. The molecule has 1 atom stereocenters. The van der Waals surface area contributed by atoms with E-state index in [1.807, 2.05) is 13.0 Å². The van der Waals surface area contributed by atoms with Gasteiger partial charge in [-0.3, -0.25) is 9.78 Å². The Labute approximate surface area is 166 Å². The molecule has 0 bridgehead atoms. The van der Waals surface area contributed by atoms with E-state index in [4.69, 9.17) is 9.47 Å². The Morgan fingerprint density at radius 2 is 2.10 bits per heavy atom. The second-order valence-corrected chi connectivity index (χ2v) is 6.32. The zero-order chi connectivity index (χ0) is 20.4.